The summed E-state index contributed by atoms with van der Waals surface area (Å²) in [5.74, 6) is 1.16. The third-order valence-corrected chi connectivity index (χ3v) is 7.23. The SMILES string of the molecule is C=CCc1cc(/C=C2\S[C@H](Nc3ccc(CC)cc3)NC2=O)cc(OCC)c1OCc1ccccc1Cl. The summed E-state index contributed by atoms with van der Waals surface area (Å²) in [7, 11) is 0. The Morgan fingerprint density at radius 2 is 1.86 bits per heavy atom. The van der Waals surface area contributed by atoms with Crippen LogP contribution in [0.15, 0.2) is 78.2 Å². The lowest BCUT2D eigenvalue weighted by atomic mass is 10.0. The molecule has 0 aliphatic carbocycles. The van der Waals surface area contributed by atoms with Gasteiger partial charge in [0.15, 0.2) is 17.0 Å². The van der Waals surface area contributed by atoms with E-state index >= 15 is 0 Å². The first-order chi connectivity index (χ1) is 18.0. The van der Waals surface area contributed by atoms with E-state index in [0.29, 0.717) is 41.1 Å². The van der Waals surface area contributed by atoms with E-state index in [0.717, 1.165) is 28.8 Å². The molecule has 0 radical (unpaired) electrons. The zero-order valence-corrected chi connectivity index (χ0v) is 22.6. The Morgan fingerprint density at radius 1 is 1.08 bits per heavy atom. The second kappa shape index (κ2) is 12.7. The largest absolute Gasteiger partial charge is 0.490 e. The molecule has 0 aromatic heterocycles. The summed E-state index contributed by atoms with van der Waals surface area (Å²) in [5, 5.41) is 7.02. The number of carbonyl (C=O) groups excluding carboxylic acids is 1. The quantitative estimate of drug-likeness (QED) is 0.201. The third kappa shape index (κ3) is 6.90. The molecule has 192 valence electrons. The van der Waals surface area contributed by atoms with E-state index in [1.165, 1.54) is 17.3 Å². The van der Waals surface area contributed by atoms with Gasteiger partial charge in [0, 0.05) is 21.8 Å². The number of allylic oxidation sites excluding steroid dienone is 1. The van der Waals surface area contributed by atoms with Crippen LogP contribution in [0.2, 0.25) is 5.02 Å². The first-order valence-corrected chi connectivity index (χ1v) is 13.6. The monoisotopic (exact) mass is 534 g/mol. The first-order valence-electron chi connectivity index (χ1n) is 12.3. The molecule has 1 amide bonds. The predicted molar refractivity (Wildman–Crippen MR) is 154 cm³/mol. The van der Waals surface area contributed by atoms with Crippen LogP contribution in [0.1, 0.15) is 36.1 Å². The molecule has 0 unspecified atom stereocenters. The second-order valence-electron chi connectivity index (χ2n) is 8.49. The molecule has 1 saturated heterocycles. The Labute approximate surface area is 227 Å². The Hall–Kier alpha value is -3.35. The molecule has 0 saturated carbocycles. The van der Waals surface area contributed by atoms with Gasteiger partial charge in [-0.15, -0.1) is 6.58 Å². The maximum Gasteiger partial charge on any atom is 0.260 e. The lowest BCUT2D eigenvalue weighted by Crippen LogP contribution is -2.30. The molecule has 1 atom stereocenters. The van der Waals surface area contributed by atoms with Gasteiger partial charge in [-0.2, -0.15) is 0 Å². The van der Waals surface area contributed by atoms with E-state index < -0.39 is 0 Å². The lowest BCUT2D eigenvalue weighted by molar-refractivity contribution is -0.116. The Kier molecular flexibility index (Phi) is 9.20. The fraction of sp³-hybridized carbons (Fsp3) is 0.233. The normalized spacial score (nSPS) is 15.9. The van der Waals surface area contributed by atoms with Crippen LogP contribution < -0.4 is 20.1 Å². The molecule has 1 heterocycles. The summed E-state index contributed by atoms with van der Waals surface area (Å²) in [6.45, 7) is 8.75. The average molecular weight is 535 g/mol. The van der Waals surface area contributed by atoms with Crippen LogP contribution in [0.5, 0.6) is 11.5 Å². The maximum atomic E-state index is 12.7. The number of ether oxygens (including phenoxy) is 2. The highest BCUT2D eigenvalue weighted by Gasteiger charge is 2.27. The first kappa shape index (κ1) is 26.7. The Morgan fingerprint density at radius 3 is 2.57 bits per heavy atom. The van der Waals surface area contributed by atoms with E-state index in [1.807, 2.05) is 67.6 Å². The van der Waals surface area contributed by atoms with Gasteiger partial charge in [-0.1, -0.05) is 66.7 Å². The molecular weight excluding hydrogens is 504 g/mol. The molecular formula is C30H31ClN2O3S. The van der Waals surface area contributed by atoms with Crippen LogP contribution in [0.25, 0.3) is 6.08 Å². The number of amides is 1. The van der Waals surface area contributed by atoms with Crippen molar-refractivity contribution in [3.05, 3.63) is 106 Å². The number of halogens is 1. The average Bonchev–Trinajstić information content (AvgIpc) is 3.23. The van der Waals surface area contributed by atoms with Crippen LogP contribution in [0.4, 0.5) is 5.69 Å². The van der Waals surface area contributed by atoms with Gasteiger partial charge in [0.1, 0.15) is 6.61 Å². The highest BCUT2D eigenvalue weighted by Crippen LogP contribution is 2.37. The summed E-state index contributed by atoms with van der Waals surface area (Å²) in [5.41, 5.74) is 4.66. The van der Waals surface area contributed by atoms with Gasteiger partial charge in [0.25, 0.3) is 5.91 Å². The van der Waals surface area contributed by atoms with Crippen molar-refractivity contribution in [3.8, 4) is 11.5 Å². The van der Waals surface area contributed by atoms with E-state index in [-0.39, 0.29) is 11.4 Å². The molecule has 1 fully saturated rings. The number of hydrogen-bond donors (Lipinski definition) is 2. The van der Waals surface area contributed by atoms with Crippen LogP contribution >= 0.6 is 23.4 Å². The second-order valence-corrected chi connectivity index (χ2v) is 10.0. The van der Waals surface area contributed by atoms with Crippen molar-refractivity contribution in [2.75, 3.05) is 11.9 Å². The van der Waals surface area contributed by atoms with Crippen molar-refractivity contribution in [1.82, 2.24) is 5.32 Å². The van der Waals surface area contributed by atoms with Crippen molar-refractivity contribution in [2.24, 2.45) is 0 Å². The van der Waals surface area contributed by atoms with Gasteiger partial charge >= 0.3 is 0 Å². The van der Waals surface area contributed by atoms with Gasteiger partial charge in [-0.3, -0.25) is 4.79 Å². The minimum atomic E-state index is -0.247. The fourth-order valence-electron chi connectivity index (χ4n) is 3.97. The number of nitrogens with one attached hydrogen (secondary N) is 2. The molecule has 7 heteroatoms. The molecule has 3 aromatic carbocycles. The number of anilines is 1. The summed E-state index contributed by atoms with van der Waals surface area (Å²) >= 11 is 7.77. The smallest absolute Gasteiger partial charge is 0.260 e. The molecule has 1 aliphatic rings. The van der Waals surface area contributed by atoms with Gasteiger partial charge in [-0.25, -0.2) is 0 Å². The molecule has 37 heavy (non-hydrogen) atoms. The number of carbonyl (C=O) groups is 1. The fourth-order valence-corrected chi connectivity index (χ4v) is 5.15. The highest BCUT2D eigenvalue weighted by molar-refractivity contribution is 8.05. The minimum Gasteiger partial charge on any atom is -0.490 e. The zero-order valence-electron chi connectivity index (χ0n) is 21.1. The van der Waals surface area contributed by atoms with Crippen LogP contribution in [0.3, 0.4) is 0 Å². The van der Waals surface area contributed by atoms with E-state index in [4.69, 9.17) is 21.1 Å². The molecule has 3 aromatic rings. The van der Waals surface area contributed by atoms with Crippen molar-refractivity contribution in [1.29, 1.82) is 0 Å². The molecule has 2 N–H and O–H groups in total. The van der Waals surface area contributed by atoms with Gasteiger partial charge in [0.05, 0.1) is 11.5 Å². The summed E-state index contributed by atoms with van der Waals surface area (Å²) < 4.78 is 12.2. The molecule has 0 spiro atoms. The van der Waals surface area contributed by atoms with Crippen LogP contribution in [-0.4, -0.2) is 18.0 Å². The standard InChI is InChI=1S/C30H31ClN2O3S/c1-4-9-22-16-21(17-26(35-6-3)28(22)36-19-23-10-7-8-11-25(23)31)18-27-29(34)33-30(37-27)32-24-14-12-20(5-2)13-15-24/h4,7-8,10-18,30,32H,1,5-6,9,19H2,2-3H3,(H,33,34)/b27-18-/t30-/m1/s1. The Balaban J connectivity index is 1.56. The van der Waals surface area contributed by atoms with E-state index in [2.05, 4.69) is 36.3 Å². The van der Waals surface area contributed by atoms with Crippen LogP contribution in [-0.2, 0) is 24.2 Å². The minimum absolute atomic E-state index is 0.116. The van der Waals surface area contributed by atoms with Gasteiger partial charge in [-0.05, 0) is 67.3 Å². The number of thioether (sulfide) groups is 1. The van der Waals surface area contributed by atoms with Crippen molar-refractivity contribution in [2.45, 2.75) is 38.8 Å². The predicted octanol–water partition coefficient (Wildman–Crippen LogP) is 7.21. The van der Waals surface area contributed by atoms with E-state index in [1.54, 1.807) is 0 Å². The van der Waals surface area contributed by atoms with Gasteiger partial charge in [0.2, 0.25) is 0 Å². The Bertz CT molecular complexity index is 1290. The van der Waals surface area contributed by atoms with Crippen LogP contribution in [0, 0.1) is 0 Å². The van der Waals surface area contributed by atoms with Crippen molar-refractivity contribution >= 4 is 41.0 Å². The summed E-state index contributed by atoms with van der Waals surface area (Å²) in [4.78, 5) is 13.4. The highest BCUT2D eigenvalue weighted by atomic mass is 35.5. The topological polar surface area (TPSA) is 59.6 Å². The molecule has 5 nitrogen and oxygen atoms in total. The number of benzene rings is 3. The molecule has 4 rings (SSSR count). The van der Waals surface area contributed by atoms with Crippen molar-refractivity contribution in [3.63, 3.8) is 0 Å². The molecule has 1 aliphatic heterocycles. The summed E-state index contributed by atoms with van der Waals surface area (Å²) in [6.07, 6.45) is 5.29. The lowest BCUT2D eigenvalue weighted by Gasteiger charge is -2.17. The number of hydrogen-bond acceptors (Lipinski definition) is 5. The zero-order chi connectivity index (χ0) is 26.2. The van der Waals surface area contributed by atoms with Gasteiger partial charge < -0.3 is 20.1 Å². The van der Waals surface area contributed by atoms with Crippen molar-refractivity contribution < 1.29 is 14.3 Å². The number of rotatable bonds is 11. The van der Waals surface area contributed by atoms with E-state index in [9.17, 15) is 4.79 Å². The summed E-state index contributed by atoms with van der Waals surface area (Å²) in [6, 6.07) is 19.8. The molecule has 0 bridgehead atoms. The third-order valence-electron chi connectivity index (χ3n) is 5.84. The maximum absolute atomic E-state index is 12.7. The number of aryl methyl sites for hydroxylation is 1.